The van der Waals surface area contributed by atoms with Crippen LogP contribution in [-0.4, -0.2) is 20.1 Å². The first-order valence-electron chi connectivity index (χ1n) is 12.1. The molecular formula is C29H35N3S. The molecule has 0 atom stereocenters. The molecule has 0 spiro atoms. The number of benzene rings is 3. The molecule has 3 aromatic carbocycles. The Bertz CT molecular complexity index is 1030. The Morgan fingerprint density at radius 3 is 2.48 bits per heavy atom. The van der Waals surface area contributed by atoms with Crippen molar-refractivity contribution in [1.82, 2.24) is 5.32 Å². The van der Waals surface area contributed by atoms with Gasteiger partial charge in [0.15, 0.2) is 0 Å². The monoisotopic (exact) mass is 457 g/mol. The van der Waals surface area contributed by atoms with E-state index in [4.69, 9.17) is 0 Å². The molecule has 0 saturated heterocycles. The van der Waals surface area contributed by atoms with Crippen LogP contribution in [0.4, 0.5) is 11.4 Å². The fraction of sp³-hybridized carbons (Fsp3) is 0.310. The molecule has 0 radical (unpaired) electrons. The largest absolute Gasteiger partial charge is 0.392 e. The standard InChI is InChI=1S/C29H35N3S/c1-23(30-2)10-6-3-4-9-21-32(33-28-11-7-5-8-12-28)27-17-15-24(16-18-27)26-14-13-25-19-20-31-29(25)22-26/h5,7-8,11-18,22,30-31H,1,3-4,6,9-10,19-21H2,2H3. The minimum Gasteiger partial charge on any atom is -0.392 e. The zero-order valence-corrected chi connectivity index (χ0v) is 20.5. The van der Waals surface area contributed by atoms with Gasteiger partial charge in [0, 0.05) is 42.1 Å². The first-order chi connectivity index (χ1) is 16.2. The van der Waals surface area contributed by atoms with Crippen molar-refractivity contribution in [3.63, 3.8) is 0 Å². The molecule has 172 valence electrons. The maximum absolute atomic E-state index is 4.03. The quantitative estimate of drug-likeness (QED) is 0.217. The summed E-state index contributed by atoms with van der Waals surface area (Å²) < 4.78 is 2.44. The van der Waals surface area contributed by atoms with Crippen molar-refractivity contribution < 1.29 is 0 Å². The summed E-state index contributed by atoms with van der Waals surface area (Å²) >= 11 is 1.83. The summed E-state index contributed by atoms with van der Waals surface area (Å²) in [6, 6.07) is 26.5. The molecule has 0 amide bonds. The SMILES string of the molecule is C=C(CCCCCCN(Sc1ccccc1)c1ccc(-c2ccc3c(c2)NCC3)cc1)NC. The summed E-state index contributed by atoms with van der Waals surface area (Å²) in [4.78, 5) is 1.27. The molecule has 4 rings (SSSR count). The zero-order valence-electron chi connectivity index (χ0n) is 19.6. The summed E-state index contributed by atoms with van der Waals surface area (Å²) in [5, 5.41) is 6.64. The predicted molar refractivity (Wildman–Crippen MR) is 145 cm³/mol. The average Bonchev–Trinajstić information content (AvgIpc) is 3.34. The topological polar surface area (TPSA) is 27.3 Å². The van der Waals surface area contributed by atoms with E-state index < -0.39 is 0 Å². The molecule has 4 heteroatoms. The number of anilines is 2. The minimum atomic E-state index is 1.04. The lowest BCUT2D eigenvalue weighted by Gasteiger charge is -2.24. The molecule has 33 heavy (non-hydrogen) atoms. The number of allylic oxidation sites excluding steroid dienone is 1. The molecule has 0 fully saturated rings. The summed E-state index contributed by atoms with van der Waals surface area (Å²) in [7, 11) is 1.95. The van der Waals surface area contributed by atoms with Crippen LogP contribution in [0.25, 0.3) is 11.1 Å². The van der Waals surface area contributed by atoms with E-state index in [0.29, 0.717) is 0 Å². The van der Waals surface area contributed by atoms with Crippen molar-refractivity contribution in [3.8, 4) is 11.1 Å². The number of unbranched alkanes of at least 4 members (excludes halogenated alkanes) is 3. The third-order valence-electron chi connectivity index (χ3n) is 6.21. The molecule has 3 nitrogen and oxygen atoms in total. The maximum Gasteiger partial charge on any atom is 0.0473 e. The first-order valence-corrected chi connectivity index (χ1v) is 12.8. The normalized spacial score (nSPS) is 12.2. The molecule has 0 unspecified atom stereocenters. The number of hydrogen-bond acceptors (Lipinski definition) is 4. The van der Waals surface area contributed by atoms with Crippen molar-refractivity contribution in [2.45, 2.75) is 43.4 Å². The second kappa shape index (κ2) is 11.9. The highest BCUT2D eigenvalue weighted by Gasteiger charge is 2.12. The lowest BCUT2D eigenvalue weighted by molar-refractivity contribution is 0.636. The van der Waals surface area contributed by atoms with Gasteiger partial charge in [-0.25, -0.2) is 0 Å². The Hall–Kier alpha value is -2.85. The Labute approximate surface area is 203 Å². The van der Waals surface area contributed by atoms with E-state index in [1.54, 1.807) is 0 Å². The lowest BCUT2D eigenvalue weighted by atomic mass is 10.0. The molecular weight excluding hydrogens is 422 g/mol. The molecule has 0 aliphatic carbocycles. The second-order valence-corrected chi connectivity index (χ2v) is 9.71. The van der Waals surface area contributed by atoms with Gasteiger partial charge < -0.3 is 14.9 Å². The molecule has 0 aromatic heterocycles. The molecule has 3 aromatic rings. The van der Waals surface area contributed by atoms with Gasteiger partial charge in [0.1, 0.15) is 0 Å². The third kappa shape index (κ3) is 6.58. The van der Waals surface area contributed by atoms with Crippen molar-refractivity contribution in [1.29, 1.82) is 0 Å². The Kier molecular flexibility index (Phi) is 8.37. The number of hydrogen-bond donors (Lipinski definition) is 2. The Balaban J connectivity index is 1.40. The fourth-order valence-corrected chi connectivity index (χ4v) is 5.18. The Morgan fingerprint density at radius 1 is 0.939 bits per heavy atom. The third-order valence-corrected chi connectivity index (χ3v) is 7.31. The fourth-order valence-electron chi connectivity index (χ4n) is 4.20. The molecule has 1 heterocycles. The van der Waals surface area contributed by atoms with E-state index >= 15 is 0 Å². The number of fused-ring (bicyclic) bond motifs is 1. The highest BCUT2D eigenvalue weighted by Crippen LogP contribution is 2.33. The smallest absolute Gasteiger partial charge is 0.0473 e. The number of nitrogens with one attached hydrogen (secondary N) is 2. The summed E-state index contributed by atoms with van der Waals surface area (Å²) in [5.74, 6) is 0. The summed E-state index contributed by atoms with van der Waals surface area (Å²) in [6.07, 6.45) is 7.07. The van der Waals surface area contributed by atoms with Crippen LogP contribution in [0, 0.1) is 0 Å². The van der Waals surface area contributed by atoms with Crippen LogP contribution >= 0.6 is 11.9 Å². The molecule has 1 aliphatic rings. The van der Waals surface area contributed by atoms with Crippen LogP contribution in [-0.2, 0) is 6.42 Å². The van der Waals surface area contributed by atoms with E-state index in [-0.39, 0.29) is 0 Å². The van der Waals surface area contributed by atoms with Gasteiger partial charge in [-0.15, -0.1) is 0 Å². The van der Waals surface area contributed by atoms with Crippen LogP contribution in [0.1, 0.15) is 37.7 Å². The van der Waals surface area contributed by atoms with Crippen LogP contribution in [0.15, 0.2) is 90.0 Å². The molecule has 0 bridgehead atoms. The van der Waals surface area contributed by atoms with Gasteiger partial charge in [-0.05, 0) is 84.7 Å². The van der Waals surface area contributed by atoms with E-state index in [2.05, 4.69) is 94.3 Å². The van der Waals surface area contributed by atoms with Crippen LogP contribution in [0.2, 0.25) is 0 Å². The lowest BCUT2D eigenvalue weighted by Crippen LogP contribution is -2.15. The summed E-state index contributed by atoms with van der Waals surface area (Å²) in [6.45, 7) is 6.11. The van der Waals surface area contributed by atoms with E-state index in [1.807, 2.05) is 19.0 Å². The molecule has 1 aliphatic heterocycles. The van der Waals surface area contributed by atoms with Crippen molar-refractivity contribution >= 4 is 23.3 Å². The van der Waals surface area contributed by atoms with Gasteiger partial charge in [0.25, 0.3) is 0 Å². The van der Waals surface area contributed by atoms with Crippen LogP contribution in [0.3, 0.4) is 0 Å². The van der Waals surface area contributed by atoms with Crippen LogP contribution in [0.5, 0.6) is 0 Å². The van der Waals surface area contributed by atoms with Gasteiger partial charge in [-0.3, -0.25) is 0 Å². The predicted octanol–water partition coefficient (Wildman–Crippen LogP) is 7.52. The number of rotatable bonds is 12. The van der Waals surface area contributed by atoms with Crippen LogP contribution < -0.4 is 14.9 Å². The van der Waals surface area contributed by atoms with E-state index in [1.165, 1.54) is 58.6 Å². The van der Waals surface area contributed by atoms with Gasteiger partial charge in [0.05, 0.1) is 0 Å². The van der Waals surface area contributed by atoms with Crippen molar-refractivity contribution in [2.24, 2.45) is 0 Å². The zero-order chi connectivity index (χ0) is 22.9. The minimum absolute atomic E-state index is 1.04. The van der Waals surface area contributed by atoms with Gasteiger partial charge in [-0.1, -0.05) is 61.9 Å². The van der Waals surface area contributed by atoms with Crippen molar-refractivity contribution in [3.05, 3.63) is 90.6 Å². The van der Waals surface area contributed by atoms with E-state index in [0.717, 1.165) is 31.6 Å². The Morgan fingerprint density at radius 2 is 1.70 bits per heavy atom. The van der Waals surface area contributed by atoms with Gasteiger partial charge in [0.2, 0.25) is 0 Å². The first kappa shape index (κ1) is 23.3. The second-order valence-electron chi connectivity index (χ2n) is 8.62. The molecule has 0 saturated carbocycles. The summed E-state index contributed by atoms with van der Waals surface area (Å²) in [5.41, 5.74) is 7.66. The van der Waals surface area contributed by atoms with Gasteiger partial charge in [-0.2, -0.15) is 0 Å². The highest BCUT2D eigenvalue weighted by atomic mass is 32.2. The number of nitrogens with zero attached hydrogens (tertiary/aromatic N) is 1. The average molecular weight is 458 g/mol. The van der Waals surface area contributed by atoms with Gasteiger partial charge >= 0.3 is 0 Å². The molecule has 2 N–H and O–H groups in total. The maximum atomic E-state index is 4.03. The van der Waals surface area contributed by atoms with E-state index in [9.17, 15) is 0 Å². The highest BCUT2D eigenvalue weighted by molar-refractivity contribution is 8.00. The van der Waals surface area contributed by atoms with Crippen molar-refractivity contribution in [2.75, 3.05) is 29.8 Å².